The van der Waals surface area contributed by atoms with Crippen molar-refractivity contribution in [2.24, 2.45) is 0 Å². The van der Waals surface area contributed by atoms with E-state index < -0.39 is 17.7 Å². The normalized spacial score (nSPS) is 17.0. The van der Waals surface area contributed by atoms with Gasteiger partial charge in [0.15, 0.2) is 5.11 Å². The third-order valence-corrected chi connectivity index (χ3v) is 4.25. The van der Waals surface area contributed by atoms with Crippen LogP contribution in [0, 0.1) is 11.6 Å². The Morgan fingerprint density at radius 2 is 1.85 bits per heavy atom. The Hall–Kier alpha value is -2.74. The fourth-order valence-electron chi connectivity index (χ4n) is 2.81. The zero-order valence-electron chi connectivity index (χ0n) is 14.4. The van der Waals surface area contributed by atoms with E-state index in [4.69, 9.17) is 16.6 Å². The highest BCUT2D eigenvalue weighted by molar-refractivity contribution is 7.80. The van der Waals surface area contributed by atoms with E-state index in [0.717, 1.165) is 12.1 Å². The van der Waals surface area contributed by atoms with Crippen molar-refractivity contribution in [3.05, 3.63) is 59.0 Å². The summed E-state index contributed by atoms with van der Waals surface area (Å²) in [5.74, 6) is -1.32. The number of hydrogen-bond donors (Lipinski definition) is 2. The van der Waals surface area contributed by atoms with Gasteiger partial charge in [0.1, 0.15) is 29.2 Å². The highest BCUT2D eigenvalue weighted by atomic mass is 32.1. The number of thiocarbonyl (C=S) groups is 1. The second kappa shape index (κ2) is 6.87. The monoisotopic (exact) mass is 377 g/mol. The average molecular weight is 377 g/mol. The van der Waals surface area contributed by atoms with Gasteiger partial charge in [-0.2, -0.15) is 0 Å². The van der Waals surface area contributed by atoms with Crippen LogP contribution in [0.5, 0.6) is 0 Å². The van der Waals surface area contributed by atoms with Crippen molar-refractivity contribution in [3.63, 3.8) is 0 Å². The molecular formula is C18H17F2N3O2S. The number of furan rings is 1. The number of likely N-dealkylation sites (N-methyl/N-ethyl adjacent to an activating group) is 1. The van der Waals surface area contributed by atoms with Crippen LogP contribution in [0.1, 0.15) is 18.7 Å². The van der Waals surface area contributed by atoms with Gasteiger partial charge in [-0.25, -0.2) is 8.78 Å². The second-order valence-corrected chi connectivity index (χ2v) is 6.48. The van der Waals surface area contributed by atoms with Crippen LogP contribution in [0.15, 0.2) is 46.0 Å². The molecule has 1 aromatic heterocycles. The number of carbonyl (C=O) groups is 1. The Bertz CT molecular complexity index is 901. The molecule has 26 heavy (non-hydrogen) atoms. The first kappa shape index (κ1) is 18.1. The molecule has 0 bridgehead atoms. The maximum atomic E-state index is 14.0. The van der Waals surface area contributed by atoms with E-state index in [9.17, 15) is 13.6 Å². The molecule has 3 rings (SSSR count). The number of nitrogens with one attached hydrogen (secondary N) is 2. The molecule has 2 N–H and O–H groups in total. The van der Waals surface area contributed by atoms with Crippen LogP contribution in [0.3, 0.4) is 0 Å². The van der Waals surface area contributed by atoms with Crippen molar-refractivity contribution in [1.29, 1.82) is 0 Å². The number of carbonyl (C=O) groups excluding carboxylic acids is 1. The molecule has 2 heterocycles. The molecule has 1 atom stereocenters. The highest BCUT2D eigenvalue weighted by Crippen LogP contribution is 2.33. The molecule has 1 aliphatic heterocycles. The van der Waals surface area contributed by atoms with Crippen molar-refractivity contribution in [1.82, 2.24) is 15.5 Å². The molecule has 136 valence electrons. The topological polar surface area (TPSA) is 57.5 Å². The average Bonchev–Trinajstić information content (AvgIpc) is 3.03. The number of hydrogen-bond acceptors (Lipinski definition) is 3. The third kappa shape index (κ3) is 3.20. The minimum Gasteiger partial charge on any atom is -0.458 e. The van der Waals surface area contributed by atoms with Crippen LogP contribution in [0.4, 0.5) is 8.78 Å². The molecule has 0 radical (unpaired) electrons. The minimum atomic E-state index is -0.726. The molecule has 0 unspecified atom stereocenters. The van der Waals surface area contributed by atoms with Gasteiger partial charge in [0.2, 0.25) is 0 Å². The lowest BCUT2D eigenvalue weighted by molar-refractivity contribution is -0.125. The predicted octanol–water partition coefficient (Wildman–Crippen LogP) is 3.11. The maximum absolute atomic E-state index is 14.0. The first-order valence-electron chi connectivity index (χ1n) is 7.83. The summed E-state index contributed by atoms with van der Waals surface area (Å²) in [4.78, 5) is 14.0. The van der Waals surface area contributed by atoms with Gasteiger partial charge < -0.3 is 20.0 Å². The summed E-state index contributed by atoms with van der Waals surface area (Å²) in [6, 6.07) is 5.97. The first-order valence-corrected chi connectivity index (χ1v) is 8.24. The van der Waals surface area contributed by atoms with Crippen LogP contribution in [-0.2, 0) is 4.79 Å². The molecule has 1 aliphatic rings. The van der Waals surface area contributed by atoms with Gasteiger partial charge in [-0.1, -0.05) is 6.07 Å². The van der Waals surface area contributed by atoms with Crippen molar-refractivity contribution in [2.75, 3.05) is 14.1 Å². The van der Waals surface area contributed by atoms with Gasteiger partial charge in [-0.05, 0) is 43.4 Å². The highest BCUT2D eigenvalue weighted by Gasteiger charge is 2.33. The van der Waals surface area contributed by atoms with Gasteiger partial charge >= 0.3 is 0 Å². The summed E-state index contributed by atoms with van der Waals surface area (Å²) >= 11 is 5.16. The van der Waals surface area contributed by atoms with Crippen molar-refractivity contribution in [2.45, 2.75) is 13.0 Å². The Kier molecular flexibility index (Phi) is 4.78. The van der Waals surface area contributed by atoms with E-state index in [2.05, 4.69) is 10.6 Å². The Balaban J connectivity index is 2.06. The zero-order valence-corrected chi connectivity index (χ0v) is 15.2. The SMILES string of the molecule is CC1=C(C(=O)N(C)C)[C@H](c2ccc(-c3c(F)cccc3F)o2)NC(=S)N1. The van der Waals surface area contributed by atoms with Gasteiger partial charge in [0.05, 0.1) is 11.1 Å². The largest absolute Gasteiger partial charge is 0.458 e. The Morgan fingerprint density at radius 1 is 1.19 bits per heavy atom. The van der Waals surface area contributed by atoms with Crippen LogP contribution < -0.4 is 10.6 Å². The van der Waals surface area contributed by atoms with Gasteiger partial charge in [0, 0.05) is 19.8 Å². The number of benzene rings is 1. The molecule has 8 heteroatoms. The van der Waals surface area contributed by atoms with Crippen LogP contribution in [-0.4, -0.2) is 30.0 Å². The molecule has 0 saturated heterocycles. The summed E-state index contributed by atoms with van der Waals surface area (Å²) in [6.07, 6.45) is 0. The van der Waals surface area contributed by atoms with Gasteiger partial charge in [-0.3, -0.25) is 4.79 Å². The Labute approximate surface area is 154 Å². The number of nitrogens with zero attached hydrogens (tertiary/aromatic N) is 1. The van der Waals surface area contributed by atoms with Crippen molar-refractivity contribution < 1.29 is 18.0 Å². The molecule has 2 aromatic rings. The fourth-order valence-corrected chi connectivity index (χ4v) is 3.08. The molecule has 1 aromatic carbocycles. The first-order chi connectivity index (χ1) is 12.3. The summed E-state index contributed by atoms with van der Waals surface area (Å²) < 4.78 is 33.7. The Morgan fingerprint density at radius 3 is 2.46 bits per heavy atom. The summed E-state index contributed by atoms with van der Waals surface area (Å²) in [5, 5.41) is 6.22. The molecular weight excluding hydrogens is 360 g/mol. The van der Waals surface area contributed by atoms with Gasteiger partial charge in [-0.15, -0.1) is 0 Å². The van der Waals surface area contributed by atoms with Crippen molar-refractivity contribution >= 4 is 23.2 Å². The number of amides is 1. The number of halogens is 2. The lowest BCUT2D eigenvalue weighted by Gasteiger charge is -2.30. The molecule has 5 nitrogen and oxygen atoms in total. The summed E-state index contributed by atoms with van der Waals surface area (Å²) in [5.41, 5.74) is 0.752. The summed E-state index contributed by atoms with van der Waals surface area (Å²) in [7, 11) is 3.27. The molecule has 1 amide bonds. The molecule has 0 spiro atoms. The molecule has 0 saturated carbocycles. The van der Waals surface area contributed by atoms with E-state index >= 15 is 0 Å². The summed E-state index contributed by atoms with van der Waals surface area (Å²) in [6.45, 7) is 1.73. The van der Waals surface area contributed by atoms with Crippen LogP contribution in [0.2, 0.25) is 0 Å². The number of rotatable bonds is 3. The fraction of sp³-hybridized carbons (Fsp3) is 0.222. The molecule has 0 fully saturated rings. The predicted molar refractivity (Wildman–Crippen MR) is 97.1 cm³/mol. The van der Waals surface area contributed by atoms with Gasteiger partial charge in [0.25, 0.3) is 5.91 Å². The third-order valence-electron chi connectivity index (χ3n) is 4.03. The van der Waals surface area contributed by atoms with E-state index in [-0.39, 0.29) is 17.2 Å². The lowest BCUT2D eigenvalue weighted by atomic mass is 9.99. The smallest absolute Gasteiger partial charge is 0.253 e. The van der Waals surface area contributed by atoms with Crippen LogP contribution in [0.25, 0.3) is 11.3 Å². The minimum absolute atomic E-state index is 0.0381. The number of allylic oxidation sites excluding steroid dienone is 1. The van der Waals surface area contributed by atoms with E-state index in [0.29, 0.717) is 22.1 Å². The second-order valence-electron chi connectivity index (χ2n) is 6.07. The van der Waals surface area contributed by atoms with Crippen LogP contribution >= 0.6 is 12.2 Å². The van der Waals surface area contributed by atoms with E-state index in [1.54, 1.807) is 27.1 Å². The van der Waals surface area contributed by atoms with E-state index in [1.807, 2.05) is 0 Å². The van der Waals surface area contributed by atoms with Crippen molar-refractivity contribution in [3.8, 4) is 11.3 Å². The maximum Gasteiger partial charge on any atom is 0.253 e. The standard InChI is InChI=1S/C18H17F2N3O2S/c1-9-14(17(24)23(2)3)16(22-18(26)21-9)13-8-7-12(25-13)15-10(19)5-4-6-11(15)20/h4-8,16H,1-3H3,(H2,21,22,26)/t16-/m0/s1. The van der Waals surface area contributed by atoms with E-state index in [1.165, 1.54) is 17.0 Å². The molecule has 0 aliphatic carbocycles. The quantitative estimate of drug-likeness (QED) is 0.805. The zero-order chi connectivity index (χ0) is 19.0. The lowest BCUT2D eigenvalue weighted by Crippen LogP contribution is -2.46.